The van der Waals surface area contributed by atoms with Crippen LogP contribution in [0, 0.1) is 30.9 Å². The summed E-state index contributed by atoms with van der Waals surface area (Å²) in [5.74, 6) is 0.605. The van der Waals surface area contributed by atoms with Crippen LogP contribution in [0.4, 0.5) is 11.6 Å². The maximum Gasteiger partial charge on any atom is 0.490 e. The number of nitrogens with zero attached hydrogens (tertiary/aromatic N) is 4. The molecule has 4 bridgehead atoms. The molecule has 4 aliphatic rings. The van der Waals surface area contributed by atoms with Gasteiger partial charge in [0.1, 0.15) is 0 Å². The number of anilines is 1. The van der Waals surface area contributed by atoms with Gasteiger partial charge in [-0.2, -0.15) is 4.68 Å². The third-order valence-corrected chi connectivity index (χ3v) is 7.46. The second kappa shape index (κ2) is 6.23. The summed E-state index contributed by atoms with van der Waals surface area (Å²) in [5.41, 5.74) is 0.0364. The molecule has 146 valence electrons. The Hall–Kier alpha value is -2.04. The molecular weight excluding hydrogens is 473 g/mol. The van der Waals surface area contributed by atoms with Crippen molar-refractivity contribution in [1.29, 1.82) is 0 Å². The number of hydrogen-bond donors (Lipinski definition) is 1. The first kappa shape index (κ1) is 18.0. The fraction of sp³-hybridized carbons (Fsp3) is 0.526. The molecular formula is C19H20IN5O3. The van der Waals surface area contributed by atoms with Gasteiger partial charge in [-0.1, -0.05) is 4.98 Å². The second-order valence-corrected chi connectivity index (χ2v) is 9.92. The fourth-order valence-corrected chi connectivity index (χ4v) is 6.47. The van der Waals surface area contributed by atoms with Gasteiger partial charge in [0.25, 0.3) is 0 Å². The molecule has 1 N–H and O–H groups in total. The minimum absolute atomic E-state index is 0.0711. The molecule has 0 saturated heterocycles. The Bertz CT molecular complexity index is 943. The molecule has 4 fully saturated rings. The number of benzene rings is 1. The van der Waals surface area contributed by atoms with E-state index < -0.39 is 10.3 Å². The van der Waals surface area contributed by atoms with Crippen molar-refractivity contribution in [1.82, 2.24) is 14.8 Å². The van der Waals surface area contributed by atoms with Crippen LogP contribution in [-0.4, -0.2) is 25.6 Å². The molecule has 2 aromatic rings. The molecule has 6 rings (SSSR count). The van der Waals surface area contributed by atoms with Gasteiger partial charge < -0.3 is 15.4 Å². The van der Waals surface area contributed by atoms with Gasteiger partial charge in [-0.25, -0.2) is 0 Å². The Morgan fingerprint density at radius 2 is 1.89 bits per heavy atom. The molecule has 4 aliphatic carbocycles. The molecule has 1 heterocycles. The van der Waals surface area contributed by atoms with Crippen LogP contribution in [0.3, 0.4) is 0 Å². The summed E-state index contributed by atoms with van der Waals surface area (Å²) in [5, 5.41) is 18.3. The average Bonchev–Trinajstić information content (AvgIpc) is 3.14. The third-order valence-electron chi connectivity index (χ3n) is 6.74. The Morgan fingerprint density at radius 1 is 1.21 bits per heavy atom. The number of nitrogens with one attached hydrogen (secondary N) is 1. The zero-order chi connectivity index (χ0) is 19.5. The smallest absolute Gasteiger partial charge is 0.390 e. The summed E-state index contributed by atoms with van der Waals surface area (Å²) < 4.78 is 2.81. The van der Waals surface area contributed by atoms with E-state index in [-0.39, 0.29) is 17.4 Å². The maximum absolute atomic E-state index is 13.4. The van der Waals surface area contributed by atoms with Gasteiger partial charge in [0.05, 0.1) is 11.0 Å². The number of hydrogen-bond acceptors (Lipinski definition) is 5. The van der Waals surface area contributed by atoms with Gasteiger partial charge in [0, 0.05) is 14.4 Å². The van der Waals surface area contributed by atoms with Crippen LogP contribution in [-0.2, 0) is 10.3 Å². The lowest BCUT2D eigenvalue weighted by Crippen LogP contribution is -2.60. The Morgan fingerprint density at radius 3 is 2.50 bits per heavy atom. The average molecular weight is 493 g/mol. The summed E-state index contributed by atoms with van der Waals surface area (Å²) in [4.78, 5) is 27.7. The zero-order valence-corrected chi connectivity index (χ0v) is 17.3. The molecule has 0 aliphatic heterocycles. The number of halogens is 1. The molecule has 28 heavy (non-hydrogen) atoms. The van der Waals surface area contributed by atoms with Crippen molar-refractivity contribution >= 4 is 40.1 Å². The minimum Gasteiger partial charge on any atom is -0.390 e. The van der Waals surface area contributed by atoms with Crippen molar-refractivity contribution in [3.05, 3.63) is 44.3 Å². The third kappa shape index (κ3) is 2.82. The normalized spacial score (nSPS) is 33.0. The van der Waals surface area contributed by atoms with Crippen molar-refractivity contribution < 1.29 is 9.72 Å². The van der Waals surface area contributed by atoms with E-state index >= 15 is 0 Å². The largest absolute Gasteiger partial charge is 0.490 e. The van der Waals surface area contributed by atoms with Gasteiger partial charge in [0.15, 0.2) is 0 Å². The lowest BCUT2D eigenvalue weighted by molar-refractivity contribution is -0.394. The molecule has 2 atom stereocenters. The second-order valence-electron chi connectivity index (χ2n) is 8.67. The van der Waals surface area contributed by atoms with E-state index in [0.29, 0.717) is 18.3 Å². The highest BCUT2D eigenvalue weighted by molar-refractivity contribution is 14.1. The predicted molar refractivity (Wildman–Crippen MR) is 110 cm³/mol. The van der Waals surface area contributed by atoms with Crippen LogP contribution in [0.15, 0.2) is 30.6 Å². The zero-order valence-electron chi connectivity index (χ0n) is 15.2. The van der Waals surface area contributed by atoms with E-state index in [2.05, 4.69) is 38.0 Å². The first-order chi connectivity index (χ1) is 13.4. The maximum atomic E-state index is 13.4. The van der Waals surface area contributed by atoms with Crippen LogP contribution in [0.25, 0.3) is 0 Å². The van der Waals surface area contributed by atoms with Gasteiger partial charge in [-0.05, 0) is 102 Å². The quantitative estimate of drug-likeness (QED) is 0.397. The van der Waals surface area contributed by atoms with E-state index in [4.69, 9.17) is 0 Å². The molecule has 8 nitrogen and oxygen atoms in total. The first-order valence-electron chi connectivity index (χ1n) is 9.51. The molecule has 1 aromatic carbocycles. The molecule has 4 saturated carbocycles. The van der Waals surface area contributed by atoms with Crippen LogP contribution < -0.4 is 5.32 Å². The number of nitro groups is 1. The highest BCUT2D eigenvalue weighted by Crippen LogP contribution is 2.64. The minimum atomic E-state index is -0.559. The molecule has 0 spiro atoms. The molecule has 1 amide bonds. The Kier molecular flexibility index (Phi) is 4.01. The molecule has 1 aromatic heterocycles. The number of amides is 1. The van der Waals surface area contributed by atoms with E-state index in [1.807, 2.05) is 24.3 Å². The number of rotatable bonds is 4. The topological polar surface area (TPSA) is 103 Å². The lowest BCUT2D eigenvalue weighted by Gasteiger charge is -2.60. The van der Waals surface area contributed by atoms with Crippen LogP contribution in [0.2, 0.25) is 0 Å². The number of carbonyl (C=O) groups is 1. The number of aromatic nitrogens is 3. The van der Waals surface area contributed by atoms with E-state index in [0.717, 1.165) is 41.4 Å². The predicted octanol–water partition coefficient (Wildman–Crippen LogP) is 3.73. The van der Waals surface area contributed by atoms with Crippen molar-refractivity contribution in [2.45, 2.75) is 44.1 Å². The molecule has 9 heteroatoms. The summed E-state index contributed by atoms with van der Waals surface area (Å²) in [6, 6.07) is 7.81. The monoisotopic (exact) mass is 493 g/mol. The summed E-state index contributed by atoms with van der Waals surface area (Å²) >= 11 is 2.24. The van der Waals surface area contributed by atoms with Gasteiger partial charge >= 0.3 is 5.95 Å². The van der Waals surface area contributed by atoms with Crippen LogP contribution in [0.1, 0.15) is 38.5 Å². The van der Waals surface area contributed by atoms with Gasteiger partial charge in [-0.15, -0.1) is 0 Å². The Labute approximate surface area is 175 Å². The molecule has 0 radical (unpaired) electrons. The number of carbonyl (C=O) groups excluding carboxylic acids is 1. The van der Waals surface area contributed by atoms with Crippen molar-refractivity contribution in [2.24, 2.45) is 17.3 Å². The van der Waals surface area contributed by atoms with Crippen molar-refractivity contribution in [3.63, 3.8) is 0 Å². The van der Waals surface area contributed by atoms with E-state index in [1.54, 1.807) is 4.68 Å². The van der Waals surface area contributed by atoms with Crippen LogP contribution in [0.5, 0.6) is 0 Å². The van der Waals surface area contributed by atoms with E-state index in [9.17, 15) is 14.9 Å². The fourth-order valence-electron chi connectivity index (χ4n) is 6.11. The van der Waals surface area contributed by atoms with Crippen molar-refractivity contribution in [2.75, 3.05) is 5.32 Å². The van der Waals surface area contributed by atoms with Crippen LogP contribution >= 0.6 is 22.6 Å². The highest BCUT2D eigenvalue weighted by atomic mass is 127. The Balaban J connectivity index is 1.46. The summed E-state index contributed by atoms with van der Waals surface area (Å²) in [6.07, 6.45) is 6.90. The standard InChI is InChI=1S/C19H20IN5O3/c20-14-1-3-15(4-2-14)22-16(26)18-6-12-5-13(7-18)9-19(8-12,10-18)24-11-21-17(23-24)25(27)28/h1-4,11-13H,5-10H2,(H,22,26)/t12-,13-,18?,19?/m0/s1. The lowest BCUT2D eigenvalue weighted by atomic mass is 9.46. The van der Waals surface area contributed by atoms with Crippen molar-refractivity contribution in [3.8, 4) is 0 Å². The first-order valence-corrected chi connectivity index (χ1v) is 10.6. The summed E-state index contributed by atoms with van der Waals surface area (Å²) in [6.45, 7) is 0. The van der Waals surface area contributed by atoms with E-state index in [1.165, 1.54) is 6.33 Å². The van der Waals surface area contributed by atoms with Gasteiger partial charge in [0.2, 0.25) is 12.2 Å². The van der Waals surface area contributed by atoms with Gasteiger partial charge in [-0.3, -0.25) is 4.79 Å². The SMILES string of the molecule is O=C(Nc1ccc(I)cc1)C12C[C@@H]3C[C@@H](C1)CC(n1cnc([N+](=O)[O-])n1)(C3)C2. The molecule has 0 unspecified atom stereocenters. The summed E-state index contributed by atoms with van der Waals surface area (Å²) in [7, 11) is 0. The highest BCUT2D eigenvalue weighted by Gasteiger charge is 2.62.